The number of allylic oxidation sites excluding steroid dienone is 3. The van der Waals surface area contributed by atoms with Gasteiger partial charge in [-0.3, -0.25) is 4.79 Å². The van der Waals surface area contributed by atoms with E-state index in [1.165, 1.54) is 5.57 Å². The van der Waals surface area contributed by atoms with Crippen LogP contribution in [-0.4, -0.2) is 37.7 Å². The van der Waals surface area contributed by atoms with Crippen LogP contribution in [0.15, 0.2) is 23.8 Å². The van der Waals surface area contributed by atoms with Gasteiger partial charge in [-0.25, -0.2) is 0 Å². The van der Waals surface area contributed by atoms with Crippen LogP contribution in [0.3, 0.4) is 0 Å². The molecule has 0 bridgehead atoms. The van der Waals surface area contributed by atoms with Crippen molar-refractivity contribution in [2.75, 3.05) is 0 Å². The topological polar surface area (TPSA) is 55.8 Å². The maximum atomic E-state index is 12.3. The van der Waals surface area contributed by atoms with Gasteiger partial charge in [0.15, 0.2) is 8.32 Å². The first-order chi connectivity index (χ1) is 13.9. The number of ether oxygens (including phenoxy) is 1. The fourth-order valence-corrected chi connectivity index (χ4v) is 6.58. The van der Waals surface area contributed by atoms with Gasteiger partial charge < -0.3 is 14.3 Å². The Kier molecular flexibility index (Phi) is 7.05. The Balaban J connectivity index is 1.64. The van der Waals surface area contributed by atoms with Gasteiger partial charge in [-0.1, -0.05) is 52.8 Å². The number of esters is 1. The molecule has 1 unspecified atom stereocenters. The largest absolute Gasteiger partial charge is 0.462 e. The monoisotopic (exact) mass is 434 g/mol. The number of hydrogen-bond acceptors (Lipinski definition) is 4. The molecular weight excluding hydrogens is 392 g/mol. The van der Waals surface area contributed by atoms with Crippen molar-refractivity contribution in [1.82, 2.24) is 0 Å². The molecule has 0 aromatic heterocycles. The third kappa shape index (κ3) is 5.28. The van der Waals surface area contributed by atoms with Crippen LogP contribution in [0.4, 0.5) is 0 Å². The number of fused-ring (bicyclic) bond motifs is 1. The molecular formula is C25H42O4Si. The molecule has 1 aliphatic heterocycles. The lowest BCUT2D eigenvalue weighted by Crippen LogP contribution is -2.47. The minimum atomic E-state index is -1.91. The zero-order valence-electron chi connectivity index (χ0n) is 20.0. The molecule has 0 amide bonds. The van der Waals surface area contributed by atoms with Gasteiger partial charge in [0, 0.05) is 12.3 Å². The average molecular weight is 435 g/mol. The molecule has 7 atom stereocenters. The molecule has 0 spiro atoms. The van der Waals surface area contributed by atoms with Crippen LogP contribution in [-0.2, 0) is 14.0 Å². The molecule has 4 nitrogen and oxygen atoms in total. The highest BCUT2D eigenvalue weighted by atomic mass is 28.4. The number of carbonyl (C=O) groups is 1. The summed E-state index contributed by atoms with van der Waals surface area (Å²) in [6.07, 6.45) is 10.3. The van der Waals surface area contributed by atoms with E-state index in [1.54, 1.807) is 0 Å². The zero-order valence-corrected chi connectivity index (χ0v) is 21.0. The van der Waals surface area contributed by atoms with E-state index in [-0.39, 0.29) is 35.2 Å². The summed E-state index contributed by atoms with van der Waals surface area (Å²) in [7, 11) is -1.91. The Morgan fingerprint density at radius 1 is 1.20 bits per heavy atom. The zero-order chi connectivity index (χ0) is 22.3. The fraction of sp³-hybridized carbons (Fsp3) is 0.800. The molecule has 1 fully saturated rings. The van der Waals surface area contributed by atoms with Crippen molar-refractivity contribution >= 4 is 14.3 Å². The second kappa shape index (κ2) is 8.91. The van der Waals surface area contributed by atoms with Gasteiger partial charge in [0.1, 0.15) is 6.10 Å². The van der Waals surface area contributed by atoms with Crippen molar-refractivity contribution < 1.29 is 19.1 Å². The molecule has 0 aromatic carbocycles. The van der Waals surface area contributed by atoms with E-state index in [9.17, 15) is 9.90 Å². The van der Waals surface area contributed by atoms with Gasteiger partial charge in [0.05, 0.1) is 18.6 Å². The van der Waals surface area contributed by atoms with Gasteiger partial charge in [0.25, 0.3) is 0 Å². The lowest BCUT2D eigenvalue weighted by atomic mass is 9.65. The van der Waals surface area contributed by atoms with Crippen LogP contribution in [0, 0.1) is 23.7 Å². The summed E-state index contributed by atoms with van der Waals surface area (Å²) >= 11 is 0. The lowest BCUT2D eigenvalue weighted by Gasteiger charge is -2.43. The van der Waals surface area contributed by atoms with E-state index in [0.29, 0.717) is 24.2 Å². The second-order valence-corrected chi connectivity index (χ2v) is 16.2. The van der Waals surface area contributed by atoms with Crippen LogP contribution in [0.5, 0.6) is 0 Å². The first-order valence-electron chi connectivity index (χ1n) is 11.8. The van der Waals surface area contributed by atoms with Crippen LogP contribution < -0.4 is 0 Å². The Morgan fingerprint density at radius 3 is 2.57 bits per heavy atom. The van der Waals surface area contributed by atoms with Crippen molar-refractivity contribution in [1.29, 1.82) is 0 Å². The number of carbonyl (C=O) groups excluding carboxylic acids is 1. The highest BCUT2D eigenvalue weighted by molar-refractivity contribution is 6.74. The van der Waals surface area contributed by atoms with Crippen LogP contribution in [0.2, 0.25) is 18.1 Å². The van der Waals surface area contributed by atoms with Gasteiger partial charge in [-0.05, 0) is 60.7 Å². The number of aliphatic hydroxyl groups is 1. The standard InChI is InChI=1S/C25H42O4Si/c1-16-12-18-9-8-17(2)21(24(18)22(26)13-16)11-10-19-14-20(15-23(27)28-19)29-30(6,7)25(3,4)5/h8-9,12,16-17,19-22,24,26H,10-11,13-15H2,1-7H3/t16-,17-,19+,20?,21-,22-,24-/m0/s1. The summed E-state index contributed by atoms with van der Waals surface area (Å²) in [5.41, 5.74) is 1.30. The normalized spacial score (nSPS) is 37.4. The van der Waals surface area contributed by atoms with Gasteiger partial charge in [-0.2, -0.15) is 0 Å². The van der Waals surface area contributed by atoms with Crippen molar-refractivity contribution in [3.05, 3.63) is 23.8 Å². The van der Waals surface area contributed by atoms with Crippen molar-refractivity contribution in [3.63, 3.8) is 0 Å². The first-order valence-corrected chi connectivity index (χ1v) is 14.7. The van der Waals surface area contributed by atoms with Crippen LogP contribution in [0.1, 0.15) is 66.7 Å². The predicted molar refractivity (Wildman–Crippen MR) is 124 cm³/mol. The Hall–Kier alpha value is -0.913. The molecule has 0 saturated carbocycles. The third-order valence-electron chi connectivity index (χ3n) is 7.93. The van der Waals surface area contributed by atoms with Gasteiger partial charge >= 0.3 is 5.97 Å². The summed E-state index contributed by atoms with van der Waals surface area (Å²) in [6.45, 7) is 15.6. The SMILES string of the molecule is C[C@H]1C=C2C=C[C@H](C)[C@H](CC[C@@H]3CC(O[Si](C)(C)C(C)(C)C)CC(=O)O3)[C@H]2[C@@H](O)C1. The molecule has 2 aliphatic carbocycles. The second-order valence-electron chi connectivity index (χ2n) is 11.5. The summed E-state index contributed by atoms with van der Waals surface area (Å²) in [6, 6.07) is 0. The molecule has 3 rings (SSSR count). The number of hydrogen-bond donors (Lipinski definition) is 1. The quantitative estimate of drug-likeness (QED) is 0.450. The van der Waals surface area contributed by atoms with E-state index in [4.69, 9.17) is 9.16 Å². The molecule has 1 saturated heterocycles. The molecule has 0 aromatic rings. The summed E-state index contributed by atoms with van der Waals surface area (Å²) in [5, 5.41) is 10.9. The smallest absolute Gasteiger partial charge is 0.308 e. The highest BCUT2D eigenvalue weighted by Crippen LogP contribution is 2.44. The van der Waals surface area contributed by atoms with E-state index < -0.39 is 8.32 Å². The Bertz CT molecular complexity index is 690. The van der Waals surface area contributed by atoms with Gasteiger partial charge in [0.2, 0.25) is 0 Å². The number of aliphatic hydroxyl groups excluding tert-OH is 1. The van der Waals surface area contributed by atoms with Crippen molar-refractivity contribution in [2.24, 2.45) is 23.7 Å². The molecule has 170 valence electrons. The van der Waals surface area contributed by atoms with E-state index >= 15 is 0 Å². The summed E-state index contributed by atoms with van der Waals surface area (Å²) in [5.74, 6) is 1.33. The van der Waals surface area contributed by atoms with E-state index in [1.807, 2.05) is 0 Å². The van der Waals surface area contributed by atoms with E-state index in [2.05, 4.69) is 65.9 Å². The molecule has 1 N–H and O–H groups in total. The third-order valence-corrected chi connectivity index (χ3v) is 12.5. The maximum Gasteiger partial charge on any atom is 0.308 e. The minimum Gasteiger partial charge on any atom is -0.462 e. The lowest BCUT2D eigenvalue weighted by molar-refractivity contribution is -0.160. The molecule has 30 heavy (non-hydrogen) atoms. The summed E-state index contributed by atoms with van der Waals surface area (Å²) in [4.78, 5) is 12.3. The summed E-state index contributed by atoms with van der Waals surface area (Å²) < 4.78 is 12.3. The molecule has 3 aliphatic rings. The van der Waals surface area contributed by atoms with E-state index in [0.717, 1.165) is 25.7 Å². The van der Waals surface area contributed by atoms with Crippen molar-refractivity contribution in [2.45, 2.75) is 103 Å². The predicted octanol–water partition coefficient (Wildman–Crippen LogP) is 5.63. The molecule has 1 heterocycles. The first kappa shape index (κ1) is 23.7. The Labute approximate surface area is 184 Å². The fourth-order valence-electron chi connectivity index (χ4n) is 5.21. The number of rotatable bonds is 5. The van der Waals surface area contributed by atoms with Crippen LogP contribution >= 0.6 is 0 Å². The van der Waals surface area contributed by atoms with Crippen LogP contribution in [0.25, 0.3) is 0 Å². The average Bonchev–Trinajstić information content (AvgIpc) is 2.59. The van der Waals surface area contributed by atoms with Gasteiger partial charge in [-0.15, -0.1) is 0 Å². The van der Waals surface area contributed by atoms with Crippen molar-refractivity contribution in [3.8, 4) is 0 Å². The molecule has 5 heteroatoms. The highest BCUT2D eigenvalue weighted by Gasteiger charge is 2.42. The number of cyclic esters (lactones) is 1. The Morgan fingerprint density at radius 2 is 1.90 bits per heavy atom. The minimum absolute atomic E-state index is 0.0302. The maximum absolute atomic E-state index is 12.3. The molecule has 0 radical (unpaired) electrons.